The van der Waals surface area contributed by atoms with Crippen LogP contribution in [0.3, 0.4) is 0 Å². The molecule has 2 aromatic carbocycles. The topological polar surface area (TPSA) is 91.2 Å². The first-order valence-electron chi connectivity index (χ1n) is 6.52. The van der Waals surface area contributed by atoms with Crippen molar-refractivity contribution in [1.29, 1.82) is 0 Å². The summed E-state index contributed by atoms with van der Waals surface area (Å²) in [5.41, 5.74) is 3.66. The van der Waals surface area contributed by atoms with Crippen molar-refractivity contribution in [2.24, 2.45) is 5.10 Å². The van der Waals surface area contributed by atoms with Gasteiger partial charge in [-0.15, -0.1) is 0 Å². The maximum absolute atomic E-state index is 11.9. The Hall–Kier alpha value is -3.02. The van der Waals surface area contributed by atoms with E-state index in [2.05, 4.69) is 10.5 Å². The number of benzene rings is 2. The zero-order valence-corrected chi connectivity index (χ0v) is 12.2. The van der Waals surface area contributed by atoms with Crippen molar-refractivity contribution in [1.82, 2.24) is 5.43 Å². The van der Waals surface area contributed by atoms with Crippen LogP contribution in [0.5, 0.6) is 17.2 Å². The third kappa shape index (κ3) is 3.54. The van der Waals surface area contributed by atoms with Crippen molar-refractivity contribution in [3.63, 3.8) is 0 Å². The number of hydrogen-bond donors (Lipinski definition) is 3. The zero-order valence-electron chi connectivity index (χ0n) is 12.2. The number of phenolic OH excluding ortho intramolecular Hbond substituents is 2. The highest BCUT2D eigenvalue weighted by atomic mass is 16.5. The lowest BCUT2D eigenvalue weighted by Crippen LogP contribution is -2.19. The number of nitrogens with zero attached hydrogens (tertiary/aromatic N) is 1. The quantitative estimate of drug-likeness (QED) is 0.596. The van der Waals surface area contributed by atoms with Crippen LogP contribution in [0.15, 0.2) is 47.6 Å². The van der Waals surface area contributed by atoms with E-state index in [-0.39, 0.29) is 11.5 Å². The number of hydrogen-bond acceptors (Lipinski definition) is 5. The van der Waals surface area contributed by atoms with E-state index in [4.69, 9.17) is 4.74 Å². The molecule has 0 radical (unpaired) electrons. The average Bonchev–Trinajstić information content (AvgIpc) is 2.53. The predicted octanol–water partition coefficient (Wildman–Crippen LogP) is 2.26. The van der Waals surface area contributed by atoms with Crippen LogP contribution in [0.1, 0.15) is 22.8 Å². The van der Waals surface area contributed by atoms with E-state index in [0.29, 0.717) is 22.6 Å². The molecule has 0 aromatic heterocycles. The number of carbonyl (C=O) groups excluding carboxylic acids is 1. The monoisotopic (exact) mass is 300 g/mol. The molecule has 0 unspecified atom stereocenters. The van der Waals surface area contributed by atoms with Crippen LogP contribution in [0.2, 0.25) is 0 Å². The van der Waals surface area contributed by atoms with Crippen LogP contribution in [-0.2, 0) is 0 Å². The number of ether oxygens (including phenoxy) is 1. The molecular weight excluding hydrogens is 284 g/mol. The Morgan fingerprint density at radius 3 is 2.45 bits per heavy atom. The number of carbonyl (C=O) groups is 1. The van der Waals surface area contributed by atoms with Crippen LogP contribution in [-0.4, -0.2) is 28.9 Å². The summed E-state index contributed by atoms with van der Waals surface area (Å²) < 4.78 is 5.09. The molecule has 0 saturated heterocycles. The van der Waals surface area contributed by atoms with Crippen molar-refractivity contribution in [2.45, 2.75) is 6.92 Å². The summed E-state index contributed by atoms with van der Waals surface area (Å²) in [6.07, 6.45) is 0. The lowest BCUT2D eigenvalue weighted by atomic mass is 10.1. The number of phenols is 2. The molecule has 0 atom stereocenters. The van der Waals surface area contributed by atoms with Gasteiger partial charge in [-0.05, 0) is 49.4 Å². The minimum absolute atomic E-state index is 0.0425. The summed E-state index contributed by atoms with van der Waals surface area (Å²) in [7, 11) is 1.52. The number of rotatable bonds is 4. The van der Waals surface area contributed by atoms with E-state index >= 15 is 0 Å². The molecule has 0 aliphatic heterocycles. The SMILES string of the molecule is COc1ccc(O)c(/C(C)=N/NC(=O)c2ccc(O)cc2)c1. The Morgan fingerprint density at radius 1 is 1.14 bits per heavy atom. The van der Waals surface area contributed by atoms with Gasteiger partial charge in [0.15, 0.2) is 0 Å². The van der Waals surface area contributed by atoms with Crippen molar-refractivity contribution in [2.75, 3.05) is 7.11 Å². The molecule has 0 bridgehead atoms. The van der Waals surface area contributed by atoms with Gasteiger partial charge in [-0.3, -0.25) is 4.79 Å². The molecule has 22 heavy (non-hydrogen) atoms. The smallest absolute Gasteiger partial charge is 0.271 e. The van der Waals surface area contributed by atoms with Gasteiger partial charge < -0.3 is 14.9 Å². The van der Waals surface area contributed by atoms with Crippen LogP contribution in [0.25, 0.3) is 0 Å². The molecule has 0 saturated carbocycles. The second-order valence-corrected chi connectivity index (χ2v) is 4.57. The van der Waals surface area contributed by atoms with Crippen molar-refractivity contribution >= 4 is 11.6 Å². The third-order valence-corrected chi connectivity index (χ3v) is 3.05. The lowest BCUT2D eigenvalue weighted by Gasteiger charge is -2.07. The van der Waals surface area contributed by atoms with E-state index in [1.807, 2.05) is 0 Å². The number of amides is 1. The number of methoxy groups -OCH3 is 1. The maximum atomic E-state index is 11.9. The van der Waals surface area contributed by atoms with Crippen LogP contribution in [0.4, 0.5) is 0 Å². The fraction of sp³-hybridized carbons (Fsp3) is 0.125. The van der Waals surface area contributed by atoms with E-state index in [0.717, 1.165) is 0 Å². The number of hydrazone groups is 1. The Kier molecular flexibility index (Phi) is 4.63. The molecule has 0 aliphatic carbocycles. The molecule has 0 spiro atoms. The van der Waals surface area contributed by atoms with E-state index in [9.17, 15) is 15.0 Å². The highest BCUT2D eigenvalue weighted by Gasteiger charge is 2.08. The Balaban J connectivity index is 2.15. The summed E-state index contributed by atoms with van der Waals surface area (Å²) in [6.45, 7) is 1.66. The van der Waals surface area contributed by atoms with Gasteiger partial charge in [-0.1, -0.05) is 0 Å². The fourth-order valence-electron chi connectivity index (χ4n) is 1.80. The number of aromatic hydroxyl groups is 2. The summed E-state index contributed by atoms with van der Waals surface area (Å²) in [5.74, 6) is 0.285. The normalized spacial score (nSPS) is 11.1. The highest BCUT2D eigenvalue weighted by Crippen LogP contribution is 2.23. The Morgan fingerprint density at radius 2 is 1.82 bits per heavy atom. The van der Waals surface area contributed by atoms with Gasteiger partial charge in [-0.25, -0.2) is 5.43 Å². The van der Waals surface area contributed by atoms with Crippen LogP contribution in [0, 0.1) is 0 Å². The molecule has 0 heterocycles. The molecule has 1 amide bonds. The van der Waals surface area contributed by atoms with Crippen molar-refractivity contribution in [3.05, 3.63) is 53.6 Å². The van der Waals surface area contributed by atoms with Gasteiger partial charge >= 0.3 is 0 Å². The number of nitrogens with one attached hydrogen (secondary N) is 1. The molecule has 114 valence electrons. The Bertz CT molecular complexity index is 709. The van der Waals surface area contributed by atoms with Gasteiger partial charge in [-0.2, -0.15) is 5.10 Å². The van der Waals surface area contributed by atoms with E-state index < -0.39 is 5.91 Å². The first-order valence-corrected chi connectivity index (χ1v) is 6.52. The zero-order chi connectivity index (χ0) is 16.1. The Labute approximate surface area is 127 Å². The lowest BCUT2D eigenvalue weighted by molar-refractivity contribution is 0.0955. The molecule has 2 aromatic rings. The molecule has 0 aliphatic rings. The molecule has 0 fully saturated rings. The summed E-state index contributed by atoms with van der Waals surface area (Å²) in [6, 6.07) is 10.5. The van der Waals surface area contributed by atoms with Crippen LogP contribution >= 0.6 is 0 Å². The van der Waals surface area contributed by atoms with Gasteiger partial charge in [0.2, 0.25) is 0 Å². The third-order valence-electron chi connectivity index (χ3n) is 3.05. The summed E-state index contributed by atoms with van der Waals surface area (Å²) in [4.78, 5) is 11.9. The first kappa shape index (κ1) is 15.4. The van der Waals surface area contributed by atoms with Crippen LogP contribution < -0.4 is 10.2 Å². The first-order chi connectivity index (χ1) is 10.5. The molecule has 6 nitrogen and oxygen atoms in total. The maximum Gasteiger partial charge on any atom is 0.271 e. The molecule has 2 rings (SSSR count). The minimum atomic E-state index is -0.415. The minimum Gasteiger partial charge on any atom is -0.508 e. The van der Waals surface area contributed by atoms with E-state index in [1.54, 1.807) is 19.1 Å². The van der Waals surface area contributed by atoms with Crippen molar-refractivity contribution in [3.8, 4) is 17.2 Å². The van der Waals surface area contributed by atoms with Gasteiger partial charge in [0.25, 0.3) is 5.91 Å². The highest BCUT2D eigenvalue weighted by molar-refractivity contribution is 6.02. The van der Waals surface area contributed by atoms with Gasteiger partial charge in [0.1, 0.15) is 17.2 Å². The van der Waals surface area contributed by atoms with Crippen molar-refractivity contribution < 1.29 is 19.7 Å². The molecule has 3 N–H and O–H groups in total. The second kappa shape index (κ2) is 6.62. The van der Waals surface area contributed by atoms with Gasteiger partial charge in [0, 0.05) is 11.1 Å². The molecule has 6 heteroatoms. The summed E-state index contributed by atoms with van der Waals surface area (Å²) in [5, 5.41) is 23.0. The van der Waals surface area contributed by atoms with E-state index in [1.165, 1.54) is 37.4 Å². The average molecular weight is 300 g/mol. The second-order valence-electron chi connectivity index (χ2n) is 4.57. The fourth-order valence-corrected chi connectivity index (χ4v) is 1.80. The molecular formula is C16H16N2O4. The summed E-state index contributed by atoms with van der Waals surface area (Å²) >= 11 is 0. The standard InChI is InChI=1S/C16H16N2O4/c1-10(14-9-13(22-2)7-8-15(14)20)17-18-16(21)11-3-5-12(19)6-4-11/h3-9,19-20H,1-2H3,(H,18,21)/b17-10+. The van der Waals surface area contributed by atoms with Gasteiger partial charge in [0.05, 0.1) is 12.8 Å². The predicted molar refractivity (Wildman–Crippen MR) is 82.4 cm³/mol. The largest absolute Gasteiger partial charge is 0.508 e.